The number of rotatable bonds is 5. The lowest BCUT2D eigenvalue weighted by atomic mass is 10.1. The number of esters is 1. The Kier molecular flexibility index (Phi) is 6.45. The molecular formula is C25H31N5O4. The first-order chi connectivity index (χ1) is 16.2. The van der Waals surface area contributed by atoms with Crippen LogP contribution in [-0.4, -0.2) is 56.3 Å². The zero-order valence-corrected chi connectivity index (χ0v) is 20.0. The average Bonchev–Trinajstić information content (AvgIpc) is 3.36. The number of aromatic nitrogens is 3. The first-order valence-corrected chi connectivity index (χ1v) is 11.5. The number of carbonyl (C=O) groups excluding carboxylic acids is 2. The van der Waals surface area contributed by atoms with Crippen LogP contribution in [-0.2, 0) is 14.3 Å². The summed E-state index contributed by atoms with van der Waals surface area (Å²) in [7, 11) is 0. The normalized spacial score (nSPS) is 18.3. The number of fused-ring (bicyclic) bond motifs is 1. The third kappa shape index (κ3) is 4.83. The average molecular weight is 466 g/mol. The second-order valence-electron chi connectivity index (χ2n) is 9.46. The minimum Gasteiger partial charge on any atom is -0.466 e. The SMILES string of the molecule is CCOC(=O)C[C@@H]1C[C@H](n2cc(-c3ccccc3)c3c(N)ncnc32)CN1C(=O)OC(C)(C)C. The molecule has 0 unspecified atom stereocenters. The molecule has 1 aliphatic rings. The van der Waals surface area contributed by atoms with Gasteiger partial charge in [-0.1, -0.05) is 30.3 Å². The predicted octanol–water partition coefficient (Wildman–Crippen LogP) is 4.18. The molecule has 4 rings (SSSR count). The number of carbonyl (C=O) groups is 2. The van der Waals surface area contributed by atoms with Crippen molar-refractivity contribution in [1.82, 2.24) is 19.4 Å². The van der Waals surface area contributed by atoms with E-state index in [1.54, 1.807) is 11.8 Å². The molecule has 180 valence electrons. The second kappa shape index (κ2) is 9.32. The number of nitrogens with zero attached hydrogens (tertiary/aromatic N) is 4. The van der Waals surface area contributed by atoms with E-state index in [1.807, 2.05) is 61.9 Å². The molecule has 0 radical (unpaired) electrons. The van der Waals surface area contributed by atoms with Crippen LogP contribution in [0.25, 0.3) is 22.2 Å². The minimum atomic E-state index is -0.647. The summed E-state index contributed by atoms with van der Waals surface area (Å²) in [5.41, 5.74) is 8.23. The molecule has 1 amide bonds. The molecule has 0 saturated carbocycles. The van der Waals surface area contributed by atoms with E-state index in [0.29, 0.717) is 31.0 Å². The summed E-state index contributed by atoms with van der Waals surface area (Å²) in [5, 5.41) is 0.770. The van der Waals surface area contributed by atoms with Crippen molar-refractivity contribution in [2.45, 2.75) is 58.2 Å². The molecule has 1 aliphatic heterocycles. The van der Waals surface area contributed by atoms with Crippen molar-refractivity contribution in [3.8, 4) is 11.1 Å². The van der Waals surface area contributed by atoms with Crippen LogP contribution in [0.4, 0.5) is 10.6 Å². The van der Waals surface area contributed by atoms with Crippen molar-refractivity contribution in [3.05, 3.63) is 42.9 Å². The maximum absolute atomic E-state index is 13.0. The third-order valence-corrected chi connectivity index (χ3v) is 5.84. The number of likely N-dealkylation sites (tertiary alicyclic amines) is 1. The van der Waals surface area contributed by atoms with E-state index in [9.17, 15) is 9.59 Å². The molecule has 2 N–H and O–H groups in total. The Hall–Kier alpha value is -3.62. The van der Waals surface area contributed by atoms with Crippen LogP contribution in [0.1, 0.15) is 46.6 Å². The Labute approximate surface area is 198 Å². The zero-order chi connectivity index (χ0) is 24.5. The Morgan fingerprint density at radius 1 is 1.18 bits per heavy atom. The summed E-state index contributed by atoms with van der Waals surface area (Å²) >= 11 is 0. The van der Waals surface area contributed by atoms with Gasteiger partial charge < -0.3 is 24.7 Å². The molecule has 34 heavy (non-hydrogen) atoms. The Morgan fingerprint density at radius 2 is 1.91 bits per heavy atom. The topological polar surface area (TPSA) is 113 Å². The van der Waals surface area contributed by atoms with Crippen molar-refractivity contribution in [1.29, 1.82) is 0 Å². The van der Waals surface area contributed by atoms with Crippen molar-refractivity contribution in [2.75, 3.05) is 18.9 Å². The molecule has 1 fully saturated rings. The summed E-state index contributed by atoms with van der Waals surface area (Å²) in [6.45, 7) is 7.90. The largest absolute Gasteiger partial charge is 0.466 e. The van der Waals surface area contributed by atoms with E-state index < -0.39 is 11.7 Å². The molecule has 2 aromatic heterocycles. The van der Waals surface area contributed by atoms with Crippen LogP contribution in [0.3, 0.4) is 0 Å². The number of nitrogen functional groups attached to an aromatic ring is 1. The quantitative estimate of drug-likeness (QED) is 0.562. The van der Waals surface area contributed by atoms with E-state index in [-0.39, 0.29) is 24.5 Å². The molecule has 1 saturated heterocycles. The van der Waals surface area contributed by atoms with Gasteiger partial charge in [0.25, 0.3) is 0 Å². The smallest absolute Gasteiger partial charge is 0.410 e. The fourth-order valence-electron chi connectivity index (χ4n) is 4.47. The van der Waals surface area contributed by atoms with Crippen molar-refractivity contribution in [2.24, 2.45) is 0 Å². The lowest BCUT2D eigenvalue weighted by Gasteiger charge is -2.28. The molecule has 0 aliphatic carbocycles. The second-order valence-corrected chi connectivity index (χ2v) is 9.46. The monoisotopic (exact) mass is 465 g/mol. The highest BCUT2D eigenvalue weighted by Gasteiger charge is 2.40. The van der Waals surface area contributed by atoms with Crippen LogP contribution in [0.15, 0.2) is 42.9 Å². The van der Waals surface area contributed by atoms with E-state index in [0.717, 1.165) is 16.5 Å². The molecule has 3 heterocycles. The number of ether oxygens (including phenoxy) is 2. The standard InChI is InChI=1S/C25H31N5O4/c1-5-33-20(31)12-17-11-18(13-30(17)24(32)34-25(2,3)4)29-14-19(16-9-7-6-8-10-16)21-22(26)27-15-28-23(21)29/h6-10,14-15,17-18H,5,11-13H2,1-4H3,(H2,26,27,28)/t17-,18-/m0/s1. The van der Waals surface area contributed by atoms with Crippen LogP contribution in [0, 0.1) is 0 Å². The van der Waals surface area contributed by atoms with Gasteiger partial charge in [0.15, 0.2) is 0 Å². The van der Waals surface area contributed by atoms with Gasteiger partial charge in [-0.2, -0.15) is 0 Å². The zero-order valence-electron chi connectivity index (χ0n) is 20.0. The molecule has 2 atom stereocenters. The van der Waals surface area contributed by atoms with E-state index >= 15 is 0 Å². The van der Waals surface area contributed by atoms with Crippen LogP contribution in [0.2, 0.25) is 0 Å². The number of hydrogen-bond acceptors (Lipinski definition) is 7. The summed E-state index contributed by atoms with van der Waals surface area (Å²) in [4.78, 5) is 35.7. The third-order valence-electron chi connectivity index (χ3n) is 5.84. The number of amides is 1. The van der Waals surface area contributed by atoms with Gasteiger partial charge >= 0.3 is 12.1 Å². The van der Waals surface area contributed by atoms with Crippen LogP contribution < -0.4 is 5.73 Å². The lowest BCUT2D eigenvalue weighted by Crippen LogP contribution is -2.41. The van der Waals surface area contributed by atoms with Gasteiger partial charge in [-0.25, -0.2) is 14.8 Å². The molecule has 9 nitrogen and oxygen atoms in total. The van der Waals surface area contributed by atoms with Crippen molar-refractivity contribution < 1.29 is 19.1 Å². The molecule has 3 aromatic rings. The maximum Gasteiger partial charge on any atom is 0.410 e. The molecule has 0 bridgehead atoms. The highest BCUT2D eigenvalue weighted by Crippen LogP contribution is 2.38. The van der Waals surface area contributed by atoms with Gasteiger partial charge in [-0.15, -0.1) is 0 Å². The fourth-order valence-corrected chi connectivity index (χ4v) is 4.47. The van der Waals surface area contributed by atoms with Crippen LogP contribution >= 0.6 is 0 Å². The number of benzene rings is 1. The van der Waals surface area contributed by atoms with Crippen molar-refractivity contribution >= 4 is 28.9 Å². The molecule has 9 heteroatoms. The lowest BCUT2D eigenvalue weighted by molar-refractivity contribution is -0.144. The first-order valence-electron chi connectivity index (χ1n) is 11.5. The summed E-state index contributed by atoms with van der Waals surface area (Å²) in [6, 6.07) is 9.43. The van der Waals surface area contributed by atoms with Crippen LogP contribution in [0.5, 0.6) is 0 Å². The number of nitrogens with two attached hydrogens (primary N) is 1. The highest BCUT2D eigenvalue weighted by molar-refractivity contribution is 6.00. The van der Waals surface area contributed by atoms with E-state index in [1.165, 1.54) is 6.33 Å². The minimum absolute atomic E-state index is 0.103. The molecule has 0 spiro atoms. The fraction of sp³-hybridized carbons (Fsp3) is 0.440. The number of hydrogen-bond donors (Lipinski definition) is 1. The van der Waals surface area contributed by atoms with Gasteiger partial charge in [-0.3, -0.25) is 4.79 Å². The van der Waals surface area contributed by atoms with Gasteiger partial charge in [0.05, 0.1) is 24.5 Å². The summed E-state index contributed by atoms with van der Waals surface area (Å²) < 4.78 is 12.8. The van der Waals surface area contributed by atoms with Gasteiger partial charge in [0, 0.05) is 24.3 Å². The van der Waals surface area contributed by atoms with Gasteiger partial charge in [0.2, 0.25) is 0 Å². The van der Waals surface area contributed by atoms with E-state index in [4.69, 9.17) is 15.2 Å². The summed E-state index contributed by atoms with van der Waals surface area (Å²) in [6.07, 6.45) is 3.67. The Morgan fingerprint density at radius 3 is 2.59 bits per heavy atom. The maximum atomic E-state index is 13.0. The van der Waals surface area contributed by atoms with Gasteiger partial charge in [0.1, 0.15) is 23.4 Å². The molecular weight excluding hydrogens is 434 g/mol. The van der Waals surface area contributed by atoms with Crippen molar-refractivity contribution in [3.63, 3.8) is 0 Å². The predicted molar refractivity (Wildman–Crippen MR) is 129 cm³/mol. The molecule has 1 aromatic carbocycles. The summed E-state index contributed by atoms with van der Waals surface area (Å²) in [5.74, 6) is 0.0586. The number of anilines is 1. The highest BCUT2D eigenvalue weighted by atomic mass is 16.6. The van der Waals surface area contributed by atoms with E-state index in [2.05, 4.69) is 9.97 Å². The Bertz CT molecular complexity index is 1190. The van der Waals surface area contributed by atoms with Gasteiger partial charge in [-0.05, 0) is 39.7 Å². The first kappa shape index (κ1) is 23.5. The Balaban J connectivity index is 1.72.